The van der Waals surface area contributed by atoms with Crippen molar-refractivity contribution in [2.45, 2.75) is 58.9 Å². The molecular formula is C33H37N5O3S. The number of anilines is 1. The molecule has 1 N–H and O–H groups in total. The van der Waals surface area contributed by atoms with E-state index in [1.165, 1.54) is 22.9 Å². The fraction of sp³-hybridized carbons (Fsp3) is 0.394. The van der Waals surface area contributed by atoms with Crippen molar-refractivity contribution >= 4 is 28.9 Å². The first-order valence-electron chi connectivity index (χ1n) is 14.8. The Bertz CT molecular complexity index is 1600. The van der Waals surface area contributed by atoms with Gasteiger partial charge in [0.15, 0.2) is 5.82 Å². The van der Waals surface area contributed by atoms with Crippen LogP contribution in [0.25, 0.3) is 16.4 Å². The molecule has 4 aromatic rings. The van der Waals surface area contributed by atoms with Crippen LogP contribution in [0, 0.1) is 19.8 Å². The Labute approximate surface area is 250 Å². The fourth-order valence-electron chi connectivity index (χ4n) is 5.77. The summed E-state index contributed by atoms with van der Waals surface area (Å²) in [7, 11) is 0. The van der Waals surface area contributed by atoms with Gasteiger partial charge in [0.25, 0.3) is 0 Å². The van der Waals surface area contributed by atoms with Crippen LogP contribution < -0.4 is 5.32 Å². The molecule has 218 valence electrons. The van der Waals surface area contributed by atoms with Gasteiger partial charge in [-0.2, -0.15) is 5.10 Å². The smallest absolute Gasteiger partial charge is 0.341 e. The fourth-order valence-corrected chi connectivity index (χ4v) is 6.66. The topological polar surface area (TPSA) is 89.4 Å². The summed E-state index contributed by atoms with van der Waals surface area (Å²) in [6.45, 7) is 8.55. The number of aromatic nitrogens is 3. The van der Waals surface area contributed by atoms with Crippen LogP contribution in [0.1, 0.15) is 71.3 Å². The van der Waals surface area contributed by atoms with Crippen LogP contribution in [-0.4, -0.2) is 51.2 Å². The molecule has 6 rings (SSSR count). The molecule has 0 bridgehead atoms. The van der Waals surface area contributed by atoms with E-state index in [1.807, 2.05) is 25.1 Å². The first-order valence-corrected chi connectivity index (χ1v) is 15.7. The van der Waals surface area contributed by atoms with Crippen molar-refractivity contribution in [3.63, 3.8) is 0 Å². The lowest BCUT2D eigenvalue weighted by molar-refractivity contribution is -0.133. The first-order chi connectivity index (χ1) is 20.4. The van der Waals surface area contributed by atoms with Crippen molar-refractivity contribution in [1.82, 2.24) is 19.7 Å². The van der Waals surface area contributed by atoms with Gasteiger partial charge >= 0.3 is 5.97 Å². The second-order valence-corrected chi connectivity index (χ2v) is 12.1. The third kappa shape index (κ3) is 5.83. The summed E-state index contributed by atoms with van der Waals surface area (Å²) in [6.07, 6.45) is 5.77. The number of carbonyl (C=O) groups excluding carboxylic acids is 2. The molecule has 8 nitrogen and oxygen atoms in total. The standard InChI is InChI=1S/C33H37N5O3S/c1-4-41-33(40)27-20-35-38(22(27)3)30-7-5-6-29(36-30)31-26(14-17-42-31)19-34-28-11-10-25(18-21(28)2)23-12-15-37(16-13-23)32(39)24-8-9-24/h5-7,10-11,14,17-18,20,23-24,34H,4,8-9,12-13,15-16,19H2,1-3H3. The van der Waals surface area contributed by atoms with Gasteiger partial charge in [0, 0.05) is 31.2 Å². The monoisotopic (exact) mass is 583 g/mol. The maximum atomic E-state index is 12.4. The van der Waals surface area contributed by atoms with Crippen LogP contribution in [0.3, 0.4) is 0 Å². The number of rotatable bonds is 9. The van der Waals surface area contributed by atoms with Gasteiger partial charge in [-0.05, 0) is 98.7 Å². The number of likely N-dealkylation sites (tertiary alicyclic amines) is 1. The number of piperidine rings is 1. The molecule has 42 heavy (non-hydrogen) atoms. The van der Waals surface area contributed by atoms with Crippen molar-refractivity contribution in [2.24, 2.45) is 5.92 Å². The summed E-state index contributed by atoms with van der Waals surface area (Å²) >= 11 is 1.66. The Kier molecular flexibility index (Phi) is 8.11. The number of hydrogen-bond donors (Lipinski definition) is 1. The van der Waals surface area contributed by atoms with Crippen molar-refractivity contribution in [3.8, 4) is 16.4 Å². The molecule has 3 aromatic heterocycles. The minimum atomic E-state index is -0.377. The Morgan fingerprint density at radius 2 is 1.88 bits per heavy atom. The molecule has 1 aromatic carbocycles. The Hall–Kier alpha value is -3.98. The third-order valence-corrected chi connectivity index (χ3v) is 9.34. The Balaban J connectivity index is 1.12. The van der Waals surface area contributed by atoms with E-state index < -0.39 is 0 Å². The number of nitrogens with one attached hydrogen (secondary N) is 1. The highest BCUT2D eigenvalue weighted by molar-refractivity contribution is 7.13. The summed E-state index contributed by atoms with van der Waals surface area (Å²) in [4.78, 5) is 32.8. The van der Waals surface area contributed by atoms with Gasteiger partial charge < -0.3 is 15.0 Å². The lowest BCUT2D eigenvalue weighted by atomic mass is 9.88. The molecule has 2 aliphatic rings. The highest BCUT2D eigenvalue weighted by Crippen LogP contribution is 2.35. The van der Waals surface area contributed by atoms with Crippen LogP contribution in [0.2, 0.25) is 0 Å². The van der Waals surface area contributed by atoms with E-state index in [0.29, 0.717) is 48.0 Å². The largest absolute Gasteiger partial charge is 0.462 e. The van der Waals surface area contributed by atoms with Crippen LogP contribution in [-0.2, 0) is 16.1 Å². The average Bonchev–Trinajstić information content (AvgIpc) is 3.63. The number of hydrogen-bond acceptors (Lipinski definition) is 7. The number of nitrogens with zero attached hydrogens (tertiary/aromatic N) is 4. The number of benzene rings is 1. The Morgan fingerprint density at radius 1 is 1.07 bits per heavy atom. The molecule has 2 fully saturated rings. The predicted molar refractivity (Wildman–Crippen MR) is 165 cm³/mol. The second kappa shape index (κ2) is 12.1. The number of thiophene rings is 1. The molecule has 9 heteroatoms. The summed E-state index contributed by atoms with van der Waals surface area (Å²) in [5, 5.41) is 10.1. The number of carbonyl (C=O) groups is 2. The Morgan fingerprint density at radius 3 is 2.62 bits per heavy atom. The second-order valence-electron chi connectivity index (χ2n) is 11.2. The van der Waals surface area contributed by atoms with Gasteiger partial charge in [-0.15, -0.1) is 11.3 Å². The molecule has 1 saturated carbocycles. The summed E-state index contributed by atoms with van der Waals surface area (Å²) < 4.78 is 6.84. The zero-order valence-corrected chi connectivity index (χ0v) is 25.2. The molecule has 0 radical (unpaired) electrons. The number of aryl methyl sites for hydroxylation is 1. The van der Waals surface area contributed by atoms with Crippen molar-refractivity contribution < 1.29 is 14.3 Å². The van der Waals surface area contributed by atoms with Gasteiger partial charge in [0.1, 0.15) is 5.56 Å². The van der Waals surface area contributed by atoms with Gasteiger partial charge in [-0.3, -0.25) is 4.79 Å². The maximum absolute atomic E-state index is 12.4. The predicted octanol–water partition coefficient (Wildman–Crippen LogP) is 6.52. The summed E-state index contributed by atoms with van der Waals surface area (Å²) in [5.74, 6) is 1.47. The number of esters is 1. The SMILES string of the molecule is CCOC(=O)c1cnn(-c2cccc(-c3sccc3CNc3ccc(C4CCN(C(=O)C5CC5)CC4)cc3C)n2)c1C. The zero-order valence-electron chi connectivity index (χ0n) is 24.4. The highest BCUT2D eigenvalue weighted by Gasteiger charge is 2.35. The molecule has 4 heterocycles. The zero-order chi connectivity index (χ0) is 29.2. The normalized spacial score (nSPS) is 15.5. The van der Waals surface area contributed by atoms with Crippen LogP contribution >= 0.6 is 11.3 Å². The van der Waals surface area contributed by atoms with Gasteiger partial charge in [0.05, 0.1) is 29.1 Å². The van der Waals surface area contributed by atoms with Crippen LogP contribution in [0.15, 0.2) is 54.0 Å². The molecule has 0 unspecified atom stereocenters. The molecule has 1 saturated heterocycles. The number of ether oxygens (including phenoxy) is 1. The van der Waals surface area contributed by atoms with E-state index >= 15 is 0 Å². The minimum Gasteiger partial charge on any atom is -0.462 e. The molecule has 1 aliphatic heterocycles. The molecule has 0 atom stereocenters. The van der Waals surface area contributed by atoms with Crippen molar-refractivity contribution in [2.75, 3.05) is 25.0 Å². The van der Waals surface area contributed by atoms with Gasteiger partial charge in [-0.1, -0.05) is 18.2 Å². The minimum absolute atomic E-state index is 0.309. The van der Waals surface area contributed by atoms with Crippen LogP contribution in [0.5, 0.6) is 0 Å². The van der Waals surface area contributed by atoms with E-state index in [1.54, 1.807) is 22.9 Å². The summed E-state index contributed by atoms with van der Waals surface area (Å²) in [5.41, 5.74) is 6.90. The van der Waals surface area contributed by atoms with Crippen molar-refractivity contribution in [3.05, 3.63) is 82.0 Å². The highest BCUT2D eigenvalue weighted by atomic mass is 32.1. The van der Waals surface area contributed by atoms with Gasteiger partial charge in [-0.25, -0.2) is 14.5 Å². The molecular weight excluding hydrogens is 546 g/mol. The van der Waals surface area contributed by atoms with E-state index in [2.05, 4.69) is 51.9 Å². The van der Waals surface area contributed by atoms with Gasteiger partial charge in [0.2, 0.25) is 5.91 Å². The lowest BCUT2D eigenvalue weighted by Gasteiger charge is -2.32. The molecule has 1 amide bonds. The van der Waals surface area contributed by atoms with E-state index in [9.17, 15) is 9.59 Å². The average molecular weight is 584 g/mol. The van der Waals surface area contributed by atoms with E-state index in [4.69, 9.17) is 9.72 Å². The number of pyridine rings is 1. The lowest BCUT2D eigenvalue weighted by Crippen LogP contribution is -2.38. The maximum Gasteiger partial charge on any atom is 0.341 e. The van der Waals surface area contributed by atoms with Crippen molar-refractivity contribution in [1.29, 1.82) is 0 Å². The van der Waals surface area contributed by atoms with E-state index in [-0.39, 0.29) is 5.97 Å². The van der Waals surface area contributed by atoms with Crippen LogP contribution in [0.4, 0.5) is 5.69 Å². The summed E-state index contributed by atoms with van der Waals surface area (Å²) in [6, 6.07) is 14.8. The van der Waals surface area contributed by atoms with E-state index in [0.717, 1.165) is 55.0 Å². The molecule has 1 aliphatic carbocycles. The first kappa shape index (κ1) is 28.2. The number of amides is 1. The molecule has 0 spiro atoms. The quantitative estimate of drug-likeness (QED) is 0.226. The third-order valence-electron chi connectivity index (χ3n) is 8.36.